The van der Waals surface area contributed by atoms with E-state index >= 15 is 0 Å². The number of carbonyl (C=O) groups excluding carboxylic acids is 11. The Morgan fingerprint density at radius 1 is 0.524 bits per heavy atom. The Bertz CT molecular complexity index is 2070. The molecule has 0 aromatic carbocycles. The van der Waals surface area contributed by atoms with E-state index in [0.29, 0.717) is 12.3 Å². The number of hydrogen-bond acceptors (Lipinski definition) is 18. The van der Waals surface area contributed by atoms with Crippen LogP contribution in [0.5, 0.6) is 0 Å². The normalized spacial score (nSPS) is 23.4. The fourth-order valence-electron chi connectivity index (χ4n) is 8.76. The van der Waals surface area contributed by atoms with Gasteiger partial charge in [0.2, 0.25) is 65.0 Å². The molecule has 0 aliphatic carbocycles. The Balaban J connectivity index is 3.81. The number of amides is 11. The van der Waals surface area contributed by atoms with Crippen molar-refractivity contribution in [2.24, 2.45) is 46.4 Å². The van der Waals surface area contributed by atoms with E-state index in [2.05, 4.69) is 72.3 Å². The molecule has 13 atom stereocenters. The summed E-state index contributed by atoms with van der Waals surface area (Å²) in [4.78, 5) is 153. The van der Waals surface area contributed by atoms with Gasteiger partial charge in [-0.1, -0.05) is 60.8 Å². The molecule has 29 heteroatoms. The monoisotopic (exact) mass is 1170 g/mol. The quantitative estimate of drug-likeness (QED) is 0.0311. The van der Waals surface area contributed by atoms with Gasteiger partial charge in [-0.2, -0.15) is 0 Å². The minimum absolute atomic E-state index is 0.0131. The van der Waals surface area contributed by atoms with Gasteiger partial charge in [0.25, 0.3) is 0 Å². The molecule has 0 bridgehead atoms. The summed E-state index contributed by atoms with van der Waals surface area (Å²) < 4.78 is 0. The highest BCUT2D eigenvalue weighted by Crippen LogP contribution is 2.14. The third kappa shape index (κ3) is 27.3. The molecule has 0 radical (unpaired) electrons. The molecule has 1 aliphatic rings. The molecule has 0 aromatic heterocycles. The van der Waals surface area contributed by atoms with Crippen LogP contribution in [0.3, 0.4) is 0 Å². The van der Waals surface area contributed by atoms with E-state index in [4.69, 9.17) is 28.7 Å². The van der Waals surface area contributed by atoms with Crippen molar-refractivity contribution in [3.05, 3.63) is 0 Å². The second kappa shape index (κ2) is 39.4. The fourth-order valence-corrected chi connectivity index (χ4v) is 8.76. The lowest BCUT2D eigenvalue weighted by molar-refractivity contribution is -0.137. The molecule has 1 saturated heterocycles. The molecule has 11 amide bonds. The standard InChI is InChI=1S/C53H100N16O13/c1-9-30(6)12-10-11-13-41(72)60-33(14-20-54)48(77)69-43(32(8)71)53(82)65-36(17-23-57)45(74)64-38-19-25-59-52(81)42(31(7)70)68-49(78)37(18-24-58)62-44(73)34(15-21-55)63-50(79)39(26-28(2)3)67-51(80)40(27-29(4)5)66-46(75)35(16-22-56)61-47(38)76/h28-40,42-43,70-71H,9-27,54-58H2,1-8H3,(H,59,81)(H,60,72)(H,61,76)(H,62,73)(H,63,79)(H,64,74)(H,65,82)(H,66,75)(H,67,80)(H,68,78)(H,69,77)/t30?,31-,32-,33+,34+,35+,36+,37+,38+,39+,40-,42+,43-/m1/s1. The van der Waals surface area contributed by atoms with E-state index in [9.17, 15) is 63.0 Å². The van der Waals surface area contributed by atoms with Crippen LogP contribution in [-0.4, -0.2) is 187 Å². The molecule has 0 saturated carbocycles. The summed E-state index contributed by atoms with van der Waals surface area (Å²) in [5.41, 5.74) is 29.2. The lowest BCUT2D eigenvalue weighted by Crippen LogP contribution is -2.62. The van der Waals surface area contributed by atoms with Gasteiger partial charge < -0.3 is 97.4 Å². The third-order valence-electron chi connectivity index (χ3n) is 13.7. The zero-order valence-corrected chi connectivity index (χ0v) is 49.4. The van der Waals surface area contributed by atoms with E-state index in [-0.39, 0.29) is 95.9 Å². The molecule has 23 N–H and O–H groups in total. The first-order valence-corrected chi connectivity index (χ1v) is 28.8. The van der Waals surface area contributed by atoms with Crippen molar-refractivity contribution >= 4 is 65.0 Å². The fraction of sp³-hybridized carbons (Fsp3) is 0.792. The van der Waals surface area contributed by atoms with Crippen LogP contribution >= 0.6 is 0 Å². The van der Waals surface area contributed by atoms with Gasteiger partial charge in [0.15, 0.2) is 0 Å². The van der Waals surface area contributed by atoms with Gasteiger partial charge in [0, 0.05) is 13.0 Å². The first kappa shape index (κ1) is 73.9. The number of aliphatic hydroxyl groups excluding tert-OH is 2. The minimum atomic E-state index is -1.69. The summed E-state index contributed by atoms with van der Waals surface area (Å²) in [6.45, 7) is 12.6. The molecule has 1 rings (SSSR count). The zero-order valence-electron chi connectivity index (χ0n) is 49.4. The summed E-state index contributed by atoms with van der Waals surface area (Å²) in [5, 5.41) is 49.5. The molecular weight excluding hydrogens is 1070 g/mol. The second-order valence-corrected chi connectivity index (χ2v) is 22.0. The van der Waals surface area contributed by atoms with Crippen LogP contribution in [-0.2, 0) is 52.7 Å². The average Bonchev–Trinajstić information content (AvgIpc) is 3.41. The maximum absolute atomic E-state index is 14.4. The SMILES string of the molecule is CCC(C)CCCCC(=O)N[C@@H](CCN)C(=O)N[C@@H](C(=O)N[C@@H](CCN)C(=O)N[C@H]1CCNC(=O)[C@H]([C@@H](C)O)NC(=O)[C@H](CCN)NC(=O)[C@H](CCN)NC(=O)[C@H](CC(C)C)NC(=O)[C@@H](CC(C)C)NC(=O)[C@H](CCN)NC1=O)[C@@H](C)O. The molecule has 0 spiro atoms. The van der Waals surface area contributed by atoms with Crippen molar-refractivity contribution in [2.45, 2.75) is 211 Å². The predicted molar refractivity (Wildman–Crippen MR) is 305 cm³/mol. The number of aliphatic hydroxyl groups is 2. The van der Waals surface area contributed by atoms with E-state index in [1.165, 1.54) is 13.8 Å². The molecule has 470 valence electrons. The molecule has 29 nitrogen and oxygen atoms in total. The summed E-state index contributed by atoms with van der Waals surface area (Å²) in [6.07, 6.45) is -0.760. The maximum atomic E-state index is 14.4. The number of nitrogens with one attached hydrogen (secondary N) is 11. The molecule has 1 aliphatic heterocycles. The first-order chi connectivity index (χ1) is 38.7. The van der Waals surface area contributed by atoms with Crippen molar-refractivity contribution in [3.63, 3.8) is 0 Å². The van der Waals surface area contributed by atoms with Gasteiger partial charge in [0.1, 0.15) is 60.4 Å². The number of hydrogen-bond donors (Lipinski definition) is 18. The summed E-state index contributed by atoms with van der Waals surface area (Å²) in [7, 11) is 0. The van der Waals surface area contributed by atoms with E-state index in [0.717, 1.165) is 19.3 Å². The Morgan fingerprint density at radius 2 is 0.963 bits per heavy atom. The highest BCUT2D eigenvalue weighted by molar-refractivity contribution is 5.99. The van der Waals surface area contributed by atoms with Crippen LogP contribution in [0.25, 0.3) is 0 Å². The molecule has 1 fully saturated rings. The van der Waals surface area contributed by atoms with E-state index in [1.54, 1.807) is 27.7 Å². The number of rotatable bonds is 29. The Hall–Kier alpha value is -6.11. The van der Waals surface area contributed by atoms with Gasteiger partial charge in [-0.05, 0) is 122 Å². The lowest BCUT2D eigenvalue weighted by atomic mass is 9.99. The Morgan fingerprint density at radius 3 is 1.39 bits per heavy atom. The van der Waals surface area contributed by atoms with Gasteiger partial charge >= 0.3 is 0 Å². The smallest absolute Gasteiger partial charge is 0.245 e. The largest absolute Gasteiger partial charge is 0.391 e. The summed E-state index contributed by atoms with van der Waals surface area (Å²) in [6, 6.07) is -14.5. The van der Waals surface area contributed by atoms with Gasteiger partial charge in [-0.3, -0.25) is 52.7 Å². The molecule has 82 heavy (non-hydrogen) atoms. The lowest BCUT2D eigenvalue weighted by Gasteiger charge is -2.29. The van der Waals surface area contributed by atoms with Crippen molar-refractivity contribution in [1.82, 2.24) is 58.5 Å². The summed E-state index contributed by atoms with van der Waals surface area (Å²) >= 11 is 0. The van der Waals surface area contributed by atoms with Crippen LogP contribution in [0.4, 0.5) is 0 Å². The van der Waals surface area contributed by atoms with Crippen molar-refractivity contribution in [3.8, 4) is 0 Å². The molecule has 1 heterocycles. The average molecular weight is 1170 g/mol. The van der Waals surface area contributed by atoms with E-state index < -0.39 is 151 Å². The van der Waals surface area contributed by atoms with Crippen LogP contribution in [0, 0.1) is 17.8 Å². The highest BCUT2D eigenvalue weighted by Gasteiger charge is 2.37. The topological polar surface area (TPSA) is 491 Å². The number of nitrogens with two attached hydrogens (primary N) is 5. The number of unbranched alkanes of at least 4 members (excludes halogenated alkanes) is 1. The Labute approximate surface area is 482 Å². The zero-order chi connectivity index (χ0) is 62.2. The Kier molecular flexibility index (Phi) is 35.5. The van der Waals surface area contributed by atoms with Crippen LogP contribution in [0.1, 0.15) is 139 Å². The molecule has 0 aromatic rings. The molecule has 1 unspecified atom stereocenters. The van der Waals surface area contributed by atoms with Gasteiger partial charge in [0.05, 0.1) is 12.2 Å². The van der Waals surface area contributed by atoms with E-state index in [1.807, 2.05) is 0 Å². The van der Waals surface area contributed by atoms with Crippen LogP contribution in [0.15, 0.2) is 0 Å². The first-order valence-electron chi connectivity index (χ1n) is 28.8. The maximum Gasteiger partial charge on any atom is 0.245 e. The number of carbonyl (C=O) groups is 11. The summed E-state index contributed by atoms with van der Waals surface area (Å²) in [5.74, 6) is -9.49. The molecular formula is C53H100N16O13. The van der Waals surface area contributed by atoms with Crippen LogP contribution in [0.2, 0.25) is 0 Å². The van der Waals surface area contributed by atoms with Gasteiger partial charge in [-0.25, -0.2) is 0 Å². The highest BCUT2D eigenvalue weighted by atomic mass is 16.3. The third-order valence-corrected chi connectivity index (χ3v) is 13.7. The van der Waals surface area contributed by atoms with Gasteiger partial charge in [-0.15, -0.1) is 0 Å². The van der Waals surface area contributed by atoms with Crippen LogP contribution < -0.4 is 87.2 Å². The van der Waals surface area contributed by atoms with Crippen molar-refractivity contribution < 1.29 is 63.0 Å². The predicted octanol–water partition coefficient (Wildman–Crippen LogP) is -5.44. The van der Waals surface area contributed by atoms with Crippen molar-refractivity contribution in [1.29, 1.82) is 0 Å². The minimum Gasteiger partial charge on any atom is -0.391 e. The van der Waals surface area contributed by atoms with Crippen molar-refractivity contribution in [2.75, 3.05) is 39.3 Å². The second-order valence-electron chi connectivity index (χ2n) is 22.0.